The van der Waals surface area contributed by atoms with E-state index in [9.17, 15) is 19.2 Å². The maximum atomic E-state index is 10.00. The summed E-state index contributed by atoms with van der Waals surface area (Å²) in [5.41, 5.74) is 0.00171. The second kappa shape index (κ2) is 16.4. The van der Waals surface area contributed by atoms with Gasteiger partial charge in [-0.3, -0.25) is 0 Å². The summed E-state index contributed by atoms with van der Waals surface area (Å²) in [7, 11) is 0. The zero-order chi connectivity index (χ0) is 19.6. The molecule has 0 radical (unpaired) electrons. The third-order valence-electron chi connectivity index (χ3n) is 3.27. The highest BCUT2D eigenvalue weighted by Gasteiger charge is 2.20. The molecular formula is C17H26N4O4. The van der Waals surface area contributed by atoms with Crippen molar-refractivity contribution in [1.29, 1.82) is 0 Å². The van der Waals surface area contributed by atoms with Crippen molar-refractivity contribution in [1.82, 2.24) is 0 Å². The molecule has 2 atom stereocenters. The van der Waals surface area contributed by atoms with Crippen LogP contribution in [0.5, 0.6) is 0 Å². The largest absolute Gasteiger partial charge is 0.235 e. The molecule has 0 aliphatic heterocycles. The first-order valence-electron chi connectivity index (χ1n) is 8.00. The Kier molecular flexibility index (Phi) is 16.2. The summed E-state index contributed by atoms with van der Waals surface area (Å²) in [5.74, 6) is 0.457. The Morgan fingerprint density at radius 3 is 1.80 bits per heavy atom. The van der Waals surface area contributed by atoms with Gasteiger partial charge >= 0.3 is 0 Å². The maximum absolute atomic E-state index is 10.00. The molecular weight excluding hydrogens is 324 g/mol. The molecule has 2 unspecified atom stereocenters. The fourth-order valence-corrected chi connectivity index (χ4v) is 2.14. The summed E-state index contributed by atoms with van der Waals surface area (Å²) in [5, 5.41) is 0. The third-order valence-corrected chi connectivity index (χ3v) is 3.27. The van der Waals surface area contributed by atoms with Crippen molar-refractivity contribution in [3.05, 3.63) is 0 Å². The topological polar surface area (TPSA) is 118 Å². The molecule has 0 aromatic rings. The van der Waals surface area contributed by atoms with Crippen LogP contribution in [-0.4, -0.2) is 50.0 Å². The van der Waals surface area contributed by atoms with E-state index in [0.717, 1.165) is 12.8 Å². The van der Waals surface area contributed by atoms with Gasteiger partial charge in [0.1, 0.15) is 0 Å². The second-order valence-corrected chi connectivity index (χ2v) is 6.47. The smallest absolute Gasteiger partial charge is 0.211 e. The van der Waals surface area contributed by atoms with Gasteiger partial charge in [-0.2, -0.15) is 0 Å². The number of rotatable bonds is 11. The molecule has 0 fully saturated rings. The number of hydrogen-bond acceptors (Lipinski definition) is 8. The lowest BCUT2D eigenvalue weighted by atomic mass is 9.82. The standard InChI is InChI=1S/C11H18N2O2.C6H8N2O2/c1-10(4-5-12-8-14)6-11(2,3)7-13-9-15;1-6(8-5-10)2-3-7-4-9/h10H,4-7H2,1-3H3;6H,2-3H2,1H3. The fourth-order valence-electron chi connectivity index (χ4n) is 2.14. The first kappa shape index (κ1) is 24.8. The van der Waals surface area contributed by atoms with E-state index in [2.05, 4.69) is 40.7 Å². The molecule has 0 aliphatic rings. The van der Waals surface area contributed by atoms with Crippen molar-refractivity contribution in [3.63, 3.8) is 0 Å². The zero-order valence-electron chi connectivity index (χ0n) is 15.3. The van der Waals surface area contributed by atoms with Gasteiger partial charge in [0, 0.05) is 0 Å². The summed E-state index contributed by atoms with van der Waals surface area (Å²) >= 11 is 0. The van der Waals surface area contributed by atoms with E-state index >= 15 is 0 Å². The highest BCUT2D eigenvalue weighted by Crippen LogP contribution is 2.27. The van der Waals surface area contributed by atoms with Crippen LogP contribution in [0.3, 0.4) is 0 Å². The van der Waals surface area contributed by atoms with Crippen LogP contribution < -0.4 is 0 Å². The van der Waals surface area contributed by atoms with Crippen molar-refractivity contribution in [2.75, 3.05) is 19.6 Å². The molecule has 0 saturated carbocycles. The highest BCUT2D eigenvalue weighted by atomic mass is 16.1. The van der Waals surface area contributed by atoms with E-state index in [4.69, 9.17) is 0 Å². The summed E-state index contributed by atoms with van der Waals surface area (Å²) in [4.78, 5) is 52.9. The number of aliphatic imine (C=N–C) groups is 4. The van der Waals surface area contributed by atoms with Gasteiger partial charge in [-0.05, 0) is 37.5 Å². The van der Waals surface area contributed by atoms with Gasteiger partial charge in [-0.1, -0.05) is 20.8 Å². The van der Waals surface area contributed by atoms with Gasteiger partial charge in [0.25, 0.3) is 0 Å². The SMILES string of the molecule is CC(CCN=C=O)CC(C)(C)CN=C=O.CC(CCN=C=O)N=C=O. The molecule has 0 saturated heterocycles. The molecule has 0 heterocycles. The average Bonchev–Trinajstić information content (AvgIpc) is 2.54. The molecule has 25 heavy (non-hydrogen) atoms. The van der Waals surface area contributed by atoms with Crippen LogP contribution in [0, 0.1) is 11.3 Å². The lowest BCUT2D eigenvalue weighted by Gasteiger charge is -2.25. The van der Waals surface area contributed by atoms with Crippen LogP contribution >= 0.6 is 0 Å². The Labute approximate surface area is 148 Å². The van der Waals surface area contributed by atoms with Gasteiger partial charge in [-0.15, -0.1) is 0 Å². The van der Waals surface area contributed by atoms with Crippen LogP contribution in [-0.2, 0) is 19.2 Å². The predicted molar refractivity (Wildman–Crippen MR) is 93.3 cm³/mol. The summed E-state index contributed by atoms with van der Waals surface area (Å²) < 4.78 is 0. The van der Waals surface area contributed by atoms with Gasteiger partial charge < -0.3 is 0 Å². The lowest BCUT2D eigenvalue weighted by molar-refractivity contribution is 0.280. The molecule has 8 heteroatoms. The van der Waals surface area contributed by atoms with Gasteiger partial charge in [-0.25, -0.2) is 39.1 Å². The molecule has 0 rings (SSSR count). The van der Waals surface area contributed by atoms with Crippen LogP contribution in [0.15, 0.2) is 20.0 Å². The molecule has 0 aromatic heterocycles. The van der Waals surface area contributed by atoms with Crippen molar-refractivity contribution in [3.8, 4) is 0 Å². The van der Waals surface area contributed by atoms with Crippen molar-refractivity contribution >= 4 is 24.3 Å². The fraction of sp³-hybridized carbons (Fsp3) is 0.765. The van der Waals surface area contributed by atoms with Gasteiger partial charge in [0.05, 0.1) is 25.7 Å². The molecule has 0 spiro atoms. The molecule has 0 amide bonds. The molecule has 0 N–H and O–H groups in total. The first-order chi connectivity index (χ1) is 11.8. The average molecular weight is 350 g/mol. The number of nitrogens with zero attached hydrogens (tertiary/aromatic N) is 4. The highest BCUT2D eigenvalue weighted by molar-refractivity contribution is 5.34. The monoisotopic (exact) mass is 350 g/mol. The van der Waals surface area contributed by atoms with E-state index in [1.54, 1.807) is 13.0 Å². The van der Waals surface area contributed by atoms with E-state index in [1.807, 2.05) is 0 Å². The van der Waals surface area contributed by atoms with E-state index < -0.39 is 0 Å². The normalized spacial score (nSPS) is 11.8. The van der Waals surface area contributed by atoms with E-state index in [1.165, 1.54) is 18.2 Å². The molecule has 8 nitrogen and oxygen atoms in total. The Balaban J connectivity index is 0. The minimum atomic E-state index is -0.102. The van der Waals surface area contributed by atoms with Crippen molar-refractivity contribution < 1.29 is 19.2 Å². The van der Waals surface area contributed by atoms with E-state index in [0.29, 0.717) is 32.0 Å². The molecule has 138 valence electrons. The predicted octanol–water partition coefficient (Wildman–Crippen LogP) is 2.54. The minimum absolute atomic E-state index is 0.00171. The van der Waals surface area contributed by atoms with Crippen LogP contribution in [0.25, 0.3) is 0 Å². The minimum Gasteiger partial charge on any atom is -0.211 e. The number of carbonyl (C=O) groups excluding carboxylic acids is 4. The summed E-state index contributed by atoms with van der Waals surface area (Å²) in [6.45, 7) is 9.38. The Bertz CT molecular complexity index is 551. The molecule has 0 aliphatic carbocycles. The van der Waals surface area contributed by atoms with Crippen LogP contribution in [0.1, 0.15) is 47.0 Å². The molecule has 0 bridgehead atoms. The Hall–Kier alpha value is -2.48. The Morgan fingerprint density at radius 2 is 1.32 bits per heavy atom. The molecule has 0 aromatic carbocycles. The number of isocyanates is 4. The Morgan fingerprint density at radius 1 is 0.800 bits per heavy atom. The lowest BCUT2D eigenvalue weighted by Crippen LogP contribution is -2.19. The zero-order valence-corrected chi connectivity index (χ0v) is 15.3. The van der Waals surface area contributed by atoms with Crippen molar-refractivity contribution in [2.24, 2.45) is 31.3 Å². The first-order valence-corrected chi connectivity index (χ1v) is 8.00. The third kappa shape index (κ3) is 19.5. The maximum Gasteiger partial charge on any atom is 0.235 e. The summed E-state index contributed by atoms with van der Waals surface area (Å²) in [6, 6.07) is -0.102. The van der Waals surface area contributed by atoms with Crippen molar-refractivity contribution in [2.45, 2.75) is 53.0 Å². The van der Waals surface area contributed by atoms with Crippen LogP contribution in [0.2, 0.25) is 0 Å². The second-order valence-electron chi connectivity index (χ2n) is 6.47. The van der Waals surface area contributed by atoms with E-state index in [-0.39, 0.29) is 11.5 Å². The van der Waals surface area contributed by atoms with Crippen LogP contribution in [0.4, 0.5) is 0 Å². The summed E-state index contributed by atoms with van der Waals surface area (Å²) in [6.07, 6.45) is 8.31. The number of hydrogen-bond donors (Lipinski definition) is 0. The van der Waals surface area contributed by atoms with Gasteiger partial charge in [0.2, 0.25) is 24.3 Å². The van der Waals surface area contributed by atoms with Gasteiger partial charge in [0.15, 0.2) is 0 Å². The quantitative estimate of drug-likeness (QED) is 0.420.